The van der Waals surface area contributed by atoms with Crippen LogP contribution in [0.1, 0.15) is 5.82 Å². The van der Waals surface area contributed by atoms with Gasteiger partial charge in [-0.05, 0) is 0 Å². The molecule has 0 fully saturated rings. The Kier molecular flexibility index (Phi) is 2.86. The Bertz CT molecular complexity index is 653. The number of rotatable bonds is 1. The van der Waals surface area contributed by atoms with Crippen LogP contribution in [0, 0.1) is 10.1 Å². The van der Waals surface area contributed by atoms with Crippen LogP contribution in [0.25, 0.3) is 11.0 Å². The molecule has 10 heteroatoms. The number of benzene rings is 1. The van der Waals surface area contributed by atoms with Crippen LogP contribution in [0.5, 0.6) is 0 Å². The molecule has 0 unspecified atom stereocenters. The van der Waals surface area contributed by atoms with Gasteiger partial charge >= 0.3 is 6.18 Å². The minimum atomic E-state index is -4.76. The lowest BCUT2D eigenvalue weighted by Crippen LogP contribution is -2.06. The second kappa shape index (κ2) is 3.99. The molecule has 96 valence electrons. The van der Waals surface area contributed by atoms with Crippen LogP contribution in [0.3, 0.4) is 0 Å². The van der Waals surface area contributed by atoms with Crippen LogP contribution < -0.4 is 0 Å². The van der Waals surface area contributed by atoms with Crippen molar-refractivity contribution in [2.75, 3.05) is 0 Å². The number of nitro groups is 1. The molecule has 1 N–H and O–H groups in total. The number of nitrogens with one attached hydrogen (secondary N) is 1. The Morgan fingerprint density at radius 2 is 2.00 bits per heavy atom. The van der Waals surface area contributed by atoms with E-state index in [1.165, 1.54) is 0 Å². The highest BCUT2D eigenvalue weighted by atomic mass is 35.5. The van der Waals surface area contributed by atoms with Crippen LogP contribution in [-0.4, -0.2) is 14.9 Å². The predicted molar refractivity (Wildman–Crippen MR) is 57.8 cm³/mol. The van der Waals surface area contributed by atoms with E-state index in [1.807, 2.05) is 4.98 Å². The second-order valence-corrected chi connectivity index (χ2v) is 4.04. The fourth-order valence-electron chi connectivity index (χ4n) is 1.36. The molecule has 2 aromatic rings. The maximum absolute atomic E-state index is 12.5. The monoisotopic (exact) mass is 299 g/mol. The molecule has 0 radical (unpaired) electrons. The Hall–Kier alpha value is -1.54. The van der Waals surface area contributed by atoms with E-state index in [1.54, 1.807) is 0 Å². The van der Waals surface area contributed by atoms with Gasteiger partial charge in [-0.25, -0.2) is 4.98 Å². The lowest BCUT2D eigenvalue weighted by atomic mass is 10.2. The summed E-state index contributed by atoms with van der Waals surface area (Å²) in [5.41, 5.74) is -1.42. The number of H-pyrrole nitrogens is 1. The molecule has 5 nitrogen and oxygen atoms in total. The van der Waals surface area contributed by atoms with Gasteiger partial charge in [-0.1, -0.05) is 23.2 Å². The average Bonchev–Trinajstić information content (AvgIpc) is 2.67. The molecule has 0 aliphatic heterocycles. The number of hydrogen-bond donors (Lipinski definition) is 1. The fourth-order valence-corrected chi connectivity index (χ4v) is 1.75. The summed E-state index contributed by atoms with van der Waals surface area (Å²) < 4.78 is 37.4. The summed E-state index contributed by atoms with van der Waals surface area (Å²) in [5, 5.41) is 10.2. The molecule has 0 aliphatic rings. The Morgan fingerprint density at radius 1 is 1.39 bits per heavy atom. The van der Waals surface area contributed by atoms with Crippen molar-refractivity contribution in [1.29, 1.82) is 0 Å². The average molecular weight is 300 g/mol. The highest BCUT2D eigenvalue weighted by Crippen LogP contribution is 2.38. The van der Waals surface area contributed by atoms with E-state index in [-0.39, 0.29) is 15.6 Å². The third-order valence-corrected chi connectivity index (χ3v) is 2.88. The summed E-state index contributed by atoms with van der Waals surface area (Å²) in [7, 11) is 0. The van der Waals surface area contributed by atoms with E-state index in [9.17, 15) is 23.3 Å². The van der Waals surface area contributed by atoms with Gasteiger partial charge in [-0.2, -0.15) is 13.2 Å². The van der Waals surface area contributed by atoms with Crippen molar-refractivity contribution in [2.24, 2.45) is 0 Å². The van der Waals surface area contributed by atoms with Gasteiger partial charge in [0.2, 0.25) is 5.82 Å². The van der Waals surface area contributed by atoms with Crippen molar-refractivity contribution in [3.63, 3.8) is 0 Å². The van der Waals surface area contributed by atoms with Crippen molar-refractivity contribution in [1.82, 2.24) is 9.97 Å². The smallest absolute Gasteiger partial charge is 0.329 e. The van der Waals surface area contributed by atoms with E-state index < -0.39 is 28.1 Å². The quantitative estimate of drug-likeness (QED) is 0.643. The second-order valence-electron chi connectivity index (χ2n) is 3.26. The van der Waals surface area contributed by atoms with E-state index in [0.717, 1.165) is 6.07 Å². The fraction of sp³-hybridized carbons (Fsp3) is 0.125. The molecule has 1 aromatic carbocycles. The van der Waals surface area contributed by atoms with Crippen molar-refractivity contribution in [2.45, 2.75) is 6.18 Å². The van der Waals surface area contributed by atoms with Crippen molar-refractivity contribution >= 4 is 39.9 Å². The number of aromatic amines is 1. The van der Waals surface area contributed by atoms with Crippen molar-refractivity contribution in [3.8, 4) is 0 Å². The van der Waals surface area contributed by atoms with Crippen LogP contribution >= 0.6 is 23.2 Å². The summed E-state index contributed by atoms with van der Waals surface area (Å²) >= 11 is 11.3. The molecule has 0 bridgehead atoms. The van der Waals surface area contributed by atoms with Gasteiger partial charge in [0.1, 0.15) is 11.0 Å². The molecule has 0 amide bonds. The van der Waals surface area contributed by atoms with Gasteiger partial charge < -0.3 is 4.98 Å². The number of hydrogen-bond acceptors (Lipinski definition) is 3. The lowest BCUT2D eigenvalue weighted by molar-refractivity contribution is -0.383. The molecule has 0 saturated carbocycles. The highest BCUT2D eigenvalue weighted by Gasteiger charge is 2.36. The van der Waals surface area contributed by atoms with Crippen molar-refractivity contribution < 1.29 is 18.1 Å². The topological polar surface area (TPSA) is 71.8 Å². The first-order chi connectivity index (χ1) is 8.21. The molecule has 1 heterocycles. The van der Waals surface area contributed by atoms with Gasteiger partial charge in [-0.3, -0.25) is 10.1 Å². The highest BCUT2D eigenvalue weighted by molar-refractivity contribution is 6.45. The minimum Gasteiger partial charge on any atom is -0.329 e. The number of nitrogens with zero attached hydrogens (tertiary/aromatic N) is 2. The standard InChI is InChI=1S/C8H2Cl2F3N3O2/c9-2-1-3(16(17)18)5-6(4(2)10)15-7(14-5)8(11,12)13/h1H,(H,14,15). The first-order valence-electron chi connectivity index (χ1n) is 4.31. The maximum Gasteiger partial charge on any atom is 0.449 e. The summed E-state index contributed by atoms with van der Waals surface area (Å²) in [4.78, 5) is 14.9. The minimum absolute atomic E-state index is 0.240. The number of halogens is 5. The zero-order chi connectivity index (χ0) is 13.7. The zero-order valence-corrected chi connectivity index (χ0v) is 9.69. The molecule has 0 spiro atoms. The molecule has 18 heavy (non-hydrogen) atoms. The molecule has 0 atom stereocenters. The van der Waals surface area contributed by atoms with Crippen LogP contribution in [0.2, 0.25) is 10.0 Å². The van der Waals surface area contributed by atoms with Gasteiger partial charge in [0.15, 0.2) is 0 Å². The number of aromatic nitrogens is 2. The maximum atomic E-state index is 12.5. The molecule has 0 aliphatic carbocycles. The number of nitro benzene ring substituents is 1. The van der Waals surface area contributed by atoms with Gasteiger partial charge in [0.25, 0.3) is 5.69 Å². The third kappa shape index (κ3) is 1.97. The van der Waals surface area contributed by atoms with E-state index in [2.05, 4.69) is 4.98 Å². The van der Waals surface area contributed by atoms with Gasteiger partial charge in [0.05, 0.1) is 15.0 Å². The van der Waals surface area contributed by atoms with E-state index in [4.69, 9.17) is 23.2 Å². The first-order valence-corrected chi connectivity index (χ1v) is 5.06. The molecular formula is C8H2Cl2F3N3O2. The normalized spacial score (nSPS) is 12.1. The zero-order valence-electron chi connectivity index (χ0n) is 8.18. The molecular weight excluding hydrogens is 298 g/mol. The summed E-state index contributed by atoms with van der Waals surface area (Å²) in [6, 6.07) is 0.866. The van der Waals surface area contributed by atoms with E-state index in [0.29, 0.717) is 0 Å². The van der Waals surface area contributed by atoms with Crippen molar-refractivity contribution in [3.05, 3.63) is 32.1 Å². The Morgan fingerprint density at radius 3 is 2.50 bits per heavy atom. The first kappa shape index (κ1) is 12.9. The Labute approximate surface area is 107 Å². The van der Waals surface area contributed by atoms with Gasteiger partial charge in [0, 0.05) is 6.07 Å². The largest absolute Gasteiger partial charge is 0.449 e. The van der Waals surface area contributed by atoms with Crippen LogP contribution in [0.15, 0.2) is 6.07 Å². The predicted octanol–water partition coefficient (Wildman–Crippen LogP) is 3.80. The molecule has 1 aromatic heterocycles. The van der Waals surface area contributed by atoms with Gasteiger partial charge in [-0.15, -0.1) is 0 Å². The number of fused-ring (bicyclic) bond motifs is 1. The third-order valence-electron chi connectivity index (χ3n) is 2.11. The molecule has 0 saturated heterocycles. The van der Waals surface area contributed by atoms with Crippen LogP contribution in [0.4, 0.5) is 18.9 Å². The Balaban J connectivity index is 2.85. The lowest BCUT2D eigenvalue weighted by Gasteiger charge is -1.99. The van der Waals surface area contributed by atoms with Crippen LogP contribution in [-0.2, 0) is 6.18 Å². The SMILES string of the molecule is O=[N+]([O-])c1cc(Cl)c(Cl)c2nc(C(F)(F)F)[nH]c12. The summed E-state index contributed by atoms with van der Waals surface area (Å²) in [6.07, 6.45) is -4.76. The number of imidazole rings is 1. The number of non-ortho nitro benzene ring substituents is 1. The number of alkyl halides is 3. The van der Waals surface area contributed by atoms with E-state index >= 15 is 0 Å². The molecule has 2 rings (SSSR count). The summed E-state index contributed by atoms with van der Waals surface area (Å²) in [6.45, 7) is 0. The summed E-state index contributed by atoms with van der Waals surface area (Å²) in [5.74, 6) is -1.37.